The second-order valence-electron chi connectivity index (χ2n) is 11.1. The quantitative estimate of drug-likeness (QED) is 0.259. The molecule has 1 aliphatic carbocycles. The number of hydrogen-bond acceptors (Lipinski definition) is 4. The second-order valence-corrected chi connectivity index (χ2v) is 12.2. The minimum absolute atomic E-state index is 0.114. The summed E-state index contributed by atoms with van der Waals surface area (Å²) in [6.07, 6.45) is 6.37. The molecule has 0 saturated heterocycles. The van der Waals surface area contributed by atoms with Crippen molar-refractivity contribution in [2.45, 2.75) is 60.4 Å². The highest BCUT2D eigenvalue weighted by Crippen LogP contribution is 2.45. The molecule has 4 aromatic rings. The number of benzene rings is 1. The van der Waals surface area contributed by atoms with Crippen LogP contribution in [0.5, 0.6) is 0 Å². The number of hydrogen-bond donors (Lipinski definition) is 1. The number of aliphatic imine (C=N–C) groups is 1. The monoisotopic (exact) mass is 531 g/mol. The van der Waals surface area contributed by atoms with E-state index in [9.17, 15) is 9.18 Å². The Kier molecular flexibility index (Phi) is 7.14. The van der Waals surface area contributed by atoms with Gasteiger partial charge in [-0.2, -0.15) is 0 Å². The van der Waals surface area contributed by atoms with Gasteiger partial charge in [0.1, 0.15) is 16.6 Å². The first-order chi connectivity index (χ1) is 18.1. The first kappa shape index (κ1) is 26.2. The van der Waals surface area contributed by atoms with Crippen molar-refractivity contribution < 1.29 is 13.6 Å². The summed E-state index contributed by atoms with van der Waals surface area (Å²) >= 11 is 1.64. The number of amides is 1. The smallest absolute Gasteiger partial charge is 0.255 e. The minimum Gasteiger partial charge on any atom is -0.467 e. The average Bonchev–Trinajstić information content (AvgIpc) is 3.59. The van der Waals surface area contributed by atoms with Crippen molar-refractivity contribution in [2.75, 3.05) is 0 Å². The lowest BCUT2D eigenvalue weighted by Gasteiger charge is -2.33. The minimum atomic E-state index is -0.258. The molecule has 198 valence electrons. The molecule has 1 aromatic carbocycles. The maximum Gasteiger partial charge on any atom is 0.255 e. The lowest BCUT2D eigenvalue weighted by molar-refractivity contribution is 0.0947. The zero-order valence-corrected chi connectivity index (χ0v) is 23.4. The van der Waals surface area contributed by atoms with E-state index in [0.717, 1.165) is 52.5 Å². The number of carbonyl (C=O) groups is 1. The number of nitrogens with one attached hydrogen (secondary N) is 1. The van der Waals surface area contributed by atoms with E-state index in [1.54, 1.807) is 29.7 Å². The first-order valence-corrected chi connectivity index (χ1v) is 13.9. The number of furan rings is 1. The molecular formula is C31H34FN3O2S. The highest BCUT2D eigenvalue weighted by molar-refractivity contribution is 7.16. The van der Waals surface area contributed by atoms with Crippen LogP contribution in [0, 0.1) is 31.0 Å². The van der Waals surface area contributed by atoms with Crippen LogP contribution in [0.1, 0.15) is 70.7 Å². The zero-order chi connectivity index (χ0) is 27.0. The molecule has 0 saturated carbocycles. The van der Waals surface area contributed by atoms with E-state index in [-0.39, 0.29) is 17.1 Å². The fraction of sp³-hybridized carbons (Fsp3) is 0.355. The van der Waals surface area contributed by atoms with Gasteiger partial charge in [-0.3, -0.25) is 4.79 Å². The molecule has 1 atom stereocenters. The largest absolute Gasteiger partial charge is 0.467 e. The molecule has 7 heteroatoms. The van der Waals surface area contributed by atoms with Crippen LogP contribution in [0.25, 0.3) is 5.69 Å². The fourth-order valence-corrected chi connectivity index (χ4v) is 6.61. The molecule has 1 N–H and O–H groups in total. The van der Waals surface area contributed by atoms with Gasteiger partial charge in [-0.25, -0.2) is 9.38 Å². The summed E-state index contributed by atoms with van der Waals surface area (Å²) in [4.78, 5) is 19.6. The number of aromatic nitrogens is 1. The number of nitrogens with zero attached hydrogens (tertiary/aromatic N) is 2. The standard InChI is InChI=1S/C31H34FN3O2S/c1-19-15-21(20(2)35(19)24-11-9-23(32)10-12-24)17-34-30-28(29(36)33-18-25-7-6-14-37-25)26-13-8-22(31(3,4)5)16-27(26)38-30/h6-7,9-12,14-15,17,22H,8,13,16,18H2,1-5H3,(H,33,36)/t22-/m1/s1. The molecule has 0 spiro atoms. The molecule has 0 radical (unpaired) electrons. The van der Waals surface area contributed by atoms with Crippen LogP contribution in [-0.4, -0.2) is 16.7 Å². The van der Waals surface area contributed by atoms with Crippen LogP contribution >= 0.6 is 11.3 Å². The van der Waals surface area contributed by atoms with Crippen molar-refractivity contribution in [3.05, 3.63) is 93.3 Å². The Morgan fingerprint density at radius 2 is 2.00 bits per heavy atom. The first-order valence-electron chi connectivity index (χ1n) is 13.1. The number of fused-ring (bicyclic) bond motifs is 1. The summed E-state index contributed by atoms with van der Waals surface area (Å²) in [6, 6.07) is 12.2. The third kappa shape index (κ3) is 5.25. The molecule has 3 aromatic heterocycles. The van der Waals surface area contributed by atoms with Gasteiger partial charge in [0.15, 0.2) is 0 Å². The molecule has 0 aliphatic heterocycles. The summed E-state index contributed by atoms with van der Waals surface area (Å²) in [5.74, 6) is 0.913. The van der Waals surface area contributed by atoms with Gasteiger partial charge < -0.3 is 14.3 Å². The zero-order valence-electron chi connectivity index (χ0n) is 22.6. The van der Waals surface area contributed by atoms with E-state index in [1.807, 2.05) is 32.2 Å². The van der Waals surface area contributed by atoms with Crippen LogP contribution in [0.4, 0.5) is 9.39 Å². The number of aryl methyl sites for hydroxylation is 1. The summed E-state index contributed by atoms with van der Waals surface area (Å²) in [7, 11) is 0. The maximum atomic E-state index is 13.5. The summed E-state index contributed by atoms with van der Waals surface area (Å²) in [5, 5.41) is 3.78. The van der Waals surface area contributed by atoms with E-state index >= 15 is 0 Å². The van der Waals surface area contributed by atoms with E-state index in [1.165, 1.54) is 17.0 Å². The second kappa shape index (κ2) is 10.4. The van der Waals surface area contributed by atoms with Crippen LogP contribution in [0.15, 0.2) is 58.1 Å². The molecule has 38 heavy (non-hydrogen) atoms. The molecule has 3 heterocycles. The molecule has 0 bridgehead atoms. The van der Waals surface area contributed by atoms with E-state index in [0.29, 0.717) is 23.8 Å². The van der Waals surface area contributed by atoms with Crippen LogP contribution < -0.4 is 5.32 Å². The Labute approximate surface area is 227 Å². The number of halogens is 1. The molecule has 0 unspecified atom stereocenters. The van der Waals surface area contributed by atoms with Crippen molar-refractivity contribution in [2.24, 2.45) is 16.3 Å². The van der Waals surface area contributed by atoms with Crippen molar-refractivity contribution in [3.8, 4) is 5.69 Å². The van der Waals surface area contributed by atoms with Crippen LogP contribution in [-0.2, 0) is 19.4 Å². The van der Waals surface area contributed by atoms with Crippen LogP contribution in [0.3, 0.4) is 0 Å². The van der Waals surface area contributed by atoms with Gasteiger partial charge in [0.25, 0.3) is 5.91 Å². The fourth-order valence-electron chi connectivity index (χ4n) is 5.34. The maximum absolute atomic E-state index is 13.5. The Bertz CT molecular complexity index is 1470. The average molecular weight is 532 g/mol. The van der Waals surface area contributed by atoms with E-state index in [4.69, 9.17) is 9.41 Å². The summed E-state index contributed by atoms with van der Waals surface area (Å²) < 4.78 is 21.0. The highest BCUT2D eigenvalue weighted by Gasteiger charge is 2.33. The third-order valence-electron chi connectivity index (χ3n) is 7.58. The van der Waals surface area contributed by atoms with Crippen molar-refractivity contribution in [1.82, 2.24) is 9.88 Å². The van der Waals surface area contributed by atoms with Crippen molar-refractivity contribution in [1.29, 1.82) is 0 Å². The summed E-state index contributed by atoms with van der Waals surface area (Å²) in [5.41, 5.74) is 5.95. The van der Waals surface area contributed by atoms with Crippen molar-refractivity contribution >= 4 is 28.5 Å². The predicted octanol–water partition coefficient (Wildman–Crippen LogP) is 7.72. The van der Waals surface area contributed by atoms with Gasteiger partial charge in [-0.15, -0.1) is 11.3 Å². The van der Waals surface area contributed by atoms with Gasteiger partial charge in [0, 0.05) is 33.7 Å². The lowest BCUT2D eigenvalue weighted by atomic mass is 9.72. The molecule has 0 fully saturated rings. The SMILES string of the molecule is Cc1cc(C=Nc2sc3c(c2C(=O)NCc2ccco2)CC[C@@H](C(C)(C)C)C3)c(C)n1-c1ccc(F)cc1. The predicted molar refractivity (Wildman–Crippen MR) is 152 cm³/mol. The Morgan fingerprint density at radius 1 is 1.24 bits per heavy atom. The summed E-state index contributed by atoms with van der Waals surface area (Å²) in [6.45, 7) is 11.3. The topological polar surface area (TPSA) is 59.5 Å². The van der Waals surface area contributed by atoms with Crippen LogP contribution in [0.2, 0.25) is 0 Å². The van der Waals surface area contributed by atoms with Gasteiger partial charge in [-0.1, -0.05) is 20.8 Å². The molecule has 1 aliphatic rings. The number of thiophene rings is 1. The van der Waals surface area contributed by atoms with Gasteiger partial charge in [0.05, 0.1) is 18.4 Å². The molecule has 1 amide bonds. The van der Waals surface area contributed by atoms with Gasteiger partial charge in [0.2, 0.25) is 0 Å². The lowest BCUT2D eigenvalue weighted by Crippen LogP contribution is -2.28. The normalized spacial score (nSPS) is 15.7. The number of rotatable bonds is 6. The number of carbonyl (C=O) groups excluding carboxylic acids is 1. The molecular weight excluding hydrogens is 497 g/mol. The molecule has 5 nitrogen and oxygen atoms in total. The Morgan fingerprint density at radius 3 is 2.68 bits per heavy atom. The third-order valence-corrected chi connectivity index (χ3v) is 8.74. The molecule has 5 rings (SSSR count). The Hall–Kier alpha value is -3.45. The van der Waals surface area contributed by atoms with Gasteiger partial charge >= 0.3 is 0 Å². The van der Waals surface area contributed by atoms with E-state index in [2.05, 4.69) is 36.7 Å². The Balaban J connectivity index is 1.48. The van der Waals surface area contributed by atoms with E-state index < -0.39 is 0 Å². The van der Waals surface area contributed by atoms with Gasteiger partial charge in [-0.05, 0) is 92.5 Å². The van der Waals surface area contributed by atoms with Crippen molar-refractivity contribution in [3.63, 3.8) is 0 Å². The highest BCUT2D eigenvalue weighted by atomic mass is 32.1.